The molecule has 4 nitrogen and oxygen atoms in total. The first-order valence-corrected chi connectivity index (χ1v) is 9.02. The van der Waals surface area contributed by atoms with E-state index in [4.69, 9.17) is 0 Å². The van der Waals surface area contributed by atoms with Crippen LogP contribution in [0.1, 0.15) is 35.4 Å². The largest absolute Gasteiger partial charge is 0.312 e. The van der Waals surface area contributed by atoms with Gasteiger partial charge in [0.15, 0.2) is 0 Å². The second-order valence-electron chi connectivity index (χ2n) is 6.83. The van der Waals surface area contributed by atoms with Gasteiger partial charge in [0, 0.05) is 49.9 Å². The fourth-order valence-electron chi connectivity index (χ4n) is 3.87. The predicted molar refractivity (Wildman–Crippen MR) is 100 cm³/mol. The molecule has 0 amide bonds. The zero-order valence-corrected chi connectivity index (χ0v) is 14.7. The number of hydrogen-bond acceptors (Lipinski definition) is 3. The first-order valence-electron chi connectivity index (χ1n) is 9.02. The van der Waals surface area contributed by atoms with E-state index in [2.05, 4.69) is 45.9 Å². The van der Waals surface area contributed by atoms with Gasteiger partial charge >= 0.3 is 0 Å². The van der Waals surface area contributed by atoms with Crippen molar-refractivity contribution in [1.29, 1.82) is 0 Å². The summed E-state index contributed by atoms with van der Waals surface area (Å²) < 4.78 is 1.89. The fourth-order valence-corrected chi connectivity index (χ4v) is 3.87. The van der Waals surface area contributed by atoms with Gasteiger partial charge in [0.2, 0.25) is 0 Å². The fraction of sp³-hybridized carbons (Fsp3) is 0.333. The average Bonchev–Trinajstić information content (AvgIpc) is 3.03. The van der Waals surface area contributed by atoms with Gasteiger partial charge in [-0.3, -0.25) is 9.67 Å². The first kappa shape index (κ1) is 16.0. The molecule has 4 rings (SSSR count). The molecule has 1 aliphatic rings. The van der Waals surface area contributed by atoms with Gasteiger partial charge in [-0.1, -0.05) is 24.3 Å². The third-order valence-electron chi connectivity index (χ3n) is 5.06. The molecule has 0 fully saturated rings. The van der Waals surface area contributed by atoms with Crippen molar-refractivity contribution in [2.24, 2.45) is 7.05 Å². The second-order valence-corrected chi connectivity index (χ2v) is 6.83. The number of aromatic nitrogens is 3. The molecule has 0 spiro atoms. The molecule has 0 saturated heterocycles. The van der Waals surface area contributed by atoms with Gasteiger partial charge in [0.05, 0.1) is 5.69 Å². The number of nitrogens with one attached hydrogen (secondary N) is 1. The molecule has 0 unspecified atom stereocenters. The Morgan fingerprint density at radius 3 is 2.88 bits per heavy atom. The molecule has 2 heterocycles. The minimum Gasteiger partial charge on any atom is -0.312 e. The van der Waals surface area contributed by atoms with Crippen LogP contribution in [0.15, 0.2) is 55.0 Å². The normalized spacial score (nSPS) is 16.6. The maximum atomic E-state index is 4.63. The highest BCUT2D eigenvalue weighted by molar-refractivity contribution is 5.61. The van der Waals surface area contributed by atoms with E-state index in [1.807, 2.05) is 36.3 Å². The Morgan fingerprint density at radius 2 is 2.00 bits per heavy atom. The SMILES string of the molecule is Cn1cc(CNC[C@H]2CCCc3ccccc32)c(-c2ccncc2)n1. The zero-order valence-electron chi connectivity index (χ0n) is 14.7. The molecule has 128 valence electrons. The summed E-state index contributed by atoms with van der Waals surface area (Å²) in [6, 6.07) is 12.9. The van der Waals surface area contributed by atoms with Crippen LogP contribution >= 0.6 is 0 Å². The molecule has 1 N–H and O–H groups in total. The van der Waals surface area contributed by atoms with Crippen LogP contribution in [-0.2, 0) is 20.0 Å². The number of nitrogens with zero attached hydrogens (tertiary/aromatic N) is 3. The van der Waals surface area contributed by atoms with Crippen LogP contribution < -0.4 is 5.32 Å². The molecule has 4 heteroatoms. The Labute approximate surface area is 148 Å². The quantitative estimate of drug-likeness (QED) is 0.775. The average molecular weight is 332 g/mol. The van der Waals surface area contributed by atoms with E-state index in [0.29, 0.717) is 5.92 Å². The molecule has 2 aromatic heterocycles. The van der Waals surface area contributed by atoms with Gasteiger partial charge in [-0.05, 0) is 48.4 Å². The van der Waals surface area contributed by atoms with E-state index >= 15 is 0 Å². The third-order valence-corrected chi connectivity index (χ3v) is 5.06. The van der Waals surface area contributed by atoms with Crippen LogP contribution in [0.25, 0.3) is 11.3 Å². The van der Waals surface area contributed by atoms with Gasteiger partial charge in [0.25, 0.3) is 0 Å². The maximum absolute atomic E-state index is 4.63. The highest BCUT2D eigenvalue weighted by Crippen LogP contribution is 2.31. The van der Waals surface area contributed by atoms with Crippen molar-refractivity contribution >= 4 is 0 Å². The van der Waals surface area contributed by atoms with Crippen LogP contribution in [0.5, 0.6) is 0 Å². The summed E-state index contributed by atoms with van der Waals surface area (Å²) in [7, 11) is 1.98. The lowest BCUT2D eigenvalue weighted by Gasteiger charge is -2.25. The number of aryl methyl sites for hydroxylation is 2. The molecule has 0 bridgehead atoms. The Morgan fingerprint density at radius 1 is 1.16 bits per heavy atom. The molecular formula is C21H24N4. The van der Waals surface area contributed by atoms with Crippen LogP contribution in [-0.4, -0.2) is 21.3 Å². The van der Waals surface area contributed by atoms with Crippen molar-refractivity contribution in [1.82, 2.24) is 20.1 Å². The van der Waals surface area contributed by atoms with E-state index in [1.165, 1.54) is 36.0 Å². The van der Waals surface area contributed by atoms with E-state index in [1.54, 1.807) is 0 Å². The van der Waals surface area contributed by atoms with E-state index in [-0.39, 0.29) is 0 Å². The van der Waals surface area contributed by atoms with Gasteiger partial charge in [-0.2, -0.15) is 5.10 Å². The predicted octanol–water partition coefficient (Wildman–Crippen LogP) is 3.69. The summed E-state index contributed by atoms with van der Waals surface area (Å²) in [6.07, 6.45) is 9.53. The van der Waals surface area contributed by atoms with E-state index < -0.39 is 0 Å². The van der Waals surface area contributed by atoms with Crippen LogP contribution in [0, 0.1) is 0 Å². The Balaban J connectivity index is 1.45. The summed E-state index contributed by atoms with van der Waals surface area (Å²) in [6.45, 7) is 1.85. The summed E-state index contributed by atoms with van der Waals surface area (Å²) in [5.41, 5.74) is 6.45. The Bertz CT molecular complexity index is 838. The van der Waals surface area contributed by atoms with Crippen molar-refractivity contribution in [3.63, 3.8) is 0 Å². The Hall–Kier alpha value is -2.46. The molecule has 1 atom stereocenters. The lowest BCUT2D eigenvalue weighted by atomic mass is 9.83. The van der Waals surface area contributed by atoms with Gasteiger partial charge in [-0.25, -0.2) is 0 Å². The standard InChI is InChI=1S/C21H24N4/c1-25-15-19(21(24-25)17-9-11-22-12-10-17)14-23-13-18-7-4-6-16-5-2-3-8-20(16)18/h2-3,5,8-12,15,18,23H,4,6-7,13-14H2,1H3/t18-/m1/s1. The molecule has 1 aliphatic carbocycles. The Kier molecular flexibility index (Phi) is 4.61. The van der Waals surface area contributed by atoms with Crippen molar-refractivity contribution in [3.05, 3.63) is 71.7 Å². The van der Waals surface area contributed by atoms with E-state index in [0.717, 1.165) is 24.3 Å². The molecular weight excluding hydrogens is 308 g/mol. The highest BCUT2D eigenvalue weighted by Gasteiger charge is 2.19. The second kappa shape index (κ2) is 7.19. The van der Waals surface area contributed by atoms with Crippen LogP contribution in [0.4, 0.5) is 0 Å². The molecule has 3 aromatic rings. The summed E-state index contributed by atoms with van der Waals surface area (Å²) in [5.74, 6) is 0.617. The topological polar surface area (TPSA) is 42.7 Å². The maximum Gasteiger partial charge on any atom is 0.0969 e. The lowest BCUT2D eigenvalue weighted by Crippen LogP contribution is -2.24. The van der Waals surface area contributed by atoms with Crippen molar-refractivity contribution < 1.29 is 0 Å². The van der Waals surface area contributed by atoms with Gasteiger partial charge in [-0.15, -0.1) is 0 Å². The van der Waals surface area contributed by atoms with Gasteiger partial charge in [0.1, 0.15) is 0 Å². The van der Waals surface area contributed by atoms with Crippen LogP contribution in [0.2, 0.25) is 0 Å². The minimum atomic E-state index is 0.617. The van der Waals surface area contributed by atoms with Crippen LogP contribution in [0.3, 0.4) is 0 Å². The molecule has 1 aromatic carbocycles. The third kappa shape index (κ3) is 3.49. The van der Waals surface area contributed by atoms with E-state index in [9.17, 15) is 0 Å². The smallest absolute Gasteiger partial charge is 0.0969 e. The molecule has 0 radical (unpaired) electrons. The number of fused-ring (bicyclic) bond motifs is 1. The molecule has 0 aliphatic heterocycles. The van der Waals surface area contributed by atoms with Crippen molar-refractivity contribution in [3.8, 4) is 11.3 Å². The number of benzene rings is 1. The summed E-state index contributed by atoms with van der Waals surface area (Å²) in [5, 5.41) is 8.30. The number of pyridine rings is 1. The molecule has 25 heavy (non-hydrogen) atoms. The number of hydrogen-bond donors (Lipinski definition) is 1. The minimum absolute atomic E-state index is 0.617. The highest BCUT2D eigenvalue weighted by atomic mass is 15.3. The summed E-state index contributed by atoms with van der Waals surface area (Å²) in [4.78, 5) is 4.10. The van der Waals surface area contributed by atoms with Crippen molar-refractivity contribution in [2.75, 3.05) is 6.54 Å². The summed E-state index contributed by atoms with van der Waals surface area (Å²) >= 11 is 0. The molecule has 0 saturated carbocycles. The van der Waals surface area contributed by atoms with Crippen molar-refractivity contribution in [2.45, 2.75) is 31.7 Å². The monoisotopic (exact) mass is 332 g/mol. The first-order chi connectivity index (χ1) is 12.3. The number of rotatable bonds is 5. The lowest BCUT2D eigenvalue weighted by molar-refractivity contribution is 0.507. The zero-order chi connectivity index (χ0) is 17.1. The van der Waals surface area contributed by atoms with Gasteiger partial charge < -0.3 is 5.32 Å².